The summed E-state index contributed by atoms with van der Waals surface area (Å²) in [5, 5.41) is 6.17. The second kappa shape index (κ2) is 9.64. The van der Waals surface area contributed by atoms with E-state index in [9.17, 15) is 14.4 Å². The molecule has 0 saturated carbocycles. The van der Waals surface area contributed by atoms with Gasteiger partial charge in [0.2, 0.25) is 5.91 Å². The topological polar surface area (TPSA) is 104 Å². The molecule has 3 rings (SSSR count). The van der Waals surface area contributed by atoms with Crippen LogP contribution in [0.25, 0.3) is 10.9 Å². The molecular weight excluding hydrogens is 368 g/mol. The lowest BCUT2D eigenvalue weighted by molar-refractivity contribution is -0.116. The van der Waals surface area contributed by atoms with Crippen molar-refractivity contribution in [1.82, 2.24) is 15.3 Å². The molecule has 29 heavy (non-hydrogen) atoms. The van der Waals surface area contributed by atoms with E-state index in [-0.39, 0.29) is 23.8 Å². The van der Waals surface area contributed by atoms with E-state index in [1.54, 1.807) is 42.5 Å². The largest absolute Gasteiger partial charge is 0.352 e. The van der Waals surface area contributed by atoms with Crippen molar-refractivity contribution in [3.63, 3.8) is 0 Å². The Morgan fingerprint density at radius 1 is 1.07 bits per heavy atom. The summed E-state index contributed by atoms with van der Waals surface area (Å²) in [5.41, 5.74) is 1.39. The Morgan fingerprint density at radius 3 is 2.66 bits per heavy atom. The first-order valence-electron chi connectivity index (χ1n) is 9.73. The number of para-hydroxylation sites is 2. The van der Waals surface area contributed by atoms with E-state index in [1.807, 2.05) is 13.0 Å². The van der Waals surface area contributed by atoms with Crippen LogP contribution in [0.3, 0.4) is 0 Å². The molecule has 7 heteroatoms. The number of aromatic nitrogens is 2. The molecule has 0 radical (unpaired) electrons. The maximum Gasteiger partial charge on any atom is 0.258 e. The summed E-state index contributed by atoms with van der Waals surface area (Å²) in [7, 11) is 0. The molecule has 0 bridgehead atoms. The summed E-state index contributed by atoms with van der Waals surface area (Å²) in [6, 6.07) is 14.1. The lowest BCUT2D eigenvalue weighted by atomic mass is 10.1. The van der Waals surface area contributed by atoms with Gasteiger partial charge in [0, 0.05) is 19.4 Å². The summed E-state index contributed by atoms with van der Waals surface area (Å²) in [6.07, 6.45) is 2.09. The highest BCUT2D eigenvalue weighted by molar-refractivity contribution is 6.03. The monoisotopic (exact) mass is 392 g/mol. The van der Waals surface area contributed by atoms with Gasteiger partial charge in [-0.05, 0) is 37.1 Å². The van der Waals surface area contributed by atoms with Crippen molar-refractivity contribution in [1.29, 1.82) is 0 Å². The van der Waals surface area contributed by atoms with E-state index >= 15 is 0 Å². The van der Waals surface area contributed by atoms with Crippen LogP contribution < -0.4 is 16.2 Å². The highest BCUT2D eigenvalue weighted by atomic mass is 16.2. The Balaban J connectivity index is 1.58. The number of hydrogen-bond donors (Lipinski definition) is 3. The molecule has 3 aromatic rings. The van der Waals surface area contributed by atoms with Gasteiger partial charge in [-0.1, -0.05) is 31.2 Å². The van der Waals surface area contributed by atoms with Gasteiger partial charge >= 0.3 is 0 Å². The molecule has 0 aliphatic rings. The number of rotatable bonds is 8. The summed E-state index contributed by atoms with van der Waals surface area (Å²) < 4.78 is 0. The maximum atomic E-state index is 12.3. The van der Waals surface area contributed by atoms with Crippen molar-refractivity contribution in [2.24, 2.45) is 0 Å². The first-order chi connectivity index (χ1) is 14.1. The van der Waals surface area contributed by atoms with Crippen molar-refractivity contribution in [2.75, 3.05) is 11.9 Å². The third-order valence-corrected chi connectivity index (χ3v) is 4.46. The predicted molar refractivity (Wildman–Crippen MR) is 113 cm³/mol. The number of benzene rings is 2. The lowest BCUT2D eigenvalue weighted by Crippen LogP contribution is -2.25. The number of amides is 2. The van der Waals surface area contributed by atoms with Gasteiger partial charge in [0.1, 0.15) is 5.82 Å². The van der Waals surface area contributed by atoms with Crippen LogP contribution in [0.15, 0.2) is 53.3 Å². The molecule has 0 atom stereocenters. The fourth-order valence-electron chi connectivity index (χ4n) is 3.01. The molecule has 3 N–H and O–H groups in total. The summed E-state index contributed by atoms with van der Waals surface area (Å²) in [5.74, 6) is 0.158. The number of H-pyrrole nitrogens is 1. The van der Waals surface area contributed by atoms with Gasteiger partial charge in [-0.2, -0.15) is 0 Å². The highest BCUT2D eigenvalue weighted by Gasteiger charge is 2.12. The molecule has 0 spiro atoms. The number of aromatic amines is 1. The molecule has 2 amide bonds. The SMILES string of the molecule is CCCNC(=O)c1ccccc1NC(=O)CCCc1nc2ccccc2c(=O)[nH]1. The average molecular weight is 392 g/mol. The molecule has 0 aliphatic carbocycles. The molecule has 0 saturated heterocycles. The zero-order chi connectivity index (χ0) is 20.6. The molecule has 1 aromatic heterocycles. The Kier molecular flexibility index (Phi) is 6.73. The summed E-state index contributed by atoms with van der Waals surface area (Å²) in [4.78, 5) is 43.9. The van der Waals surface area contributed by atoms with Crippen molar-refractivity contribution in [3.05, 3.63) is 70.3 Å². The fraction of sp³-hybridized carbons (Fsp3) is 0.273. The number of anilines is 1. The third kappa shape index (κ3) is 5.28. The van der Waals surface area contributed by atoms with Gasteiger partial charge < -0.3 is 15.6 Å². The van der Waals surface area contributed by atoms with E-state index in [4.69, 9.17) is 0 Å². The number of hydrogen-bond acceptors (Lipinski definition) is 4. The number of carbonyl (C=O) groups excluding carboxylic acids is 2. The van der Waals surface area contributed by atoms with Gasteiger partial charge in [0.05, 0.1) is 22.2 Å². The van der Waals surface area contributed by atoms with Gasteiger partial charge in [0.15, 0.2) is 0 Å². The molecule has 0 fully saturated rings. The number of nitrogens with one attached hydrogen (secondary N) is 3. The van der Waals surface area contributed by atoms with Crippen molar-refractivity contribution in [2.45, 2.75) is 32.6 Å². The molecule has 7 nitrogen and oxygen atoms in total. The molecule has 0 aliphatic heterocycles. The number of nitrogens with zero attached hydrogens (tertiary/aromatic N) is 1. The number of carbonyl (C=O) groups is 2. The minimum Gasteiger partial charge on any atom is -0.352 e. The number of fused-ring (bicyclic) bond motifs is 1. The van der Waals surface area contributed by atoms with E-state index < -0.39 is 0 Å². The van der Waals surface area contributed by atoms with Crippen molar-refractivity contribution >= 4 is 28.4 Å². The Hall–Kier alpha value is -3.48. The smallest absolute Gasteiger partial charge is 0.258 e. The van der Waals surface area contributed by atoms with Gasteiger partial charge in [0.25, 0.3) is 11.5 Å². The van der Waals surface area contributed by atoms with Crippen LogP contribution >= 0.6 is 0 Å². The molecule has 0 unspecified atom stereocenters. The van der Waals surface area contributed by atoms with E-state index in [0.29, 0.717) is 47.4 Å². The minimum atomic E-state index is -0.208. The van der Waals surface area contributed by atoms with Gasteiger partial charge in [-0.15, -0.1) is 0 Å². The second-order valence-corrected chi connectivity index (χ2v) is 6.73. The van der Waals surface area contributed by atoms with Gasteiger partial charge in [-0.3, -0.25) is 14.4 Å². The summed E-state index contributed by atoms with van der Waals surface area (Å²) >= 11 is 0. The van der Waals surface area contributed by atoms with Crippen LogP contribution in [0.5, 0.6) is 0 Å². The lowest BCUT2D eigenvalue weighted by Gasteiger charge is -2.11. The van der Waals surface area contributed by atoms with Gasteiger partial charge in [-0.25, -0.2) is 4.98 Å². The van der Waals surface area contributed by atoms with Crippen molar-refractivity contribution < 1.29 is 9.59 Å². The molecular formula is C22H24N4O3. The predicted octanol–water partition coefficient (Wildman–Crippen LogP) is 3.02. The Bertz CT molecular complexity index is 1070. The zero-order valence-corrected chi connectivity index (χ0v) is 16.3. The quantitative estimate of drug-likeness (QED) is 0.548. The second-order valence-electron chi connectivity index (χ2n) is 6.73. The first-order valence-corrected chi connectivity index (χ1v) is 9.73. The maximum absolute atomic E-state index is 12.3. The standard InChI is InChI=1S/C22H24N4O3/c1-2-14-23-21(28)15-8-3-6-11-18(15)25-20(27)13-7-12-19-24-17-10-5-4-9-16(17)22(29)26-19/h3-6,8-11H,2,7,12-14H2,1H3,(H,23,28)(H,25,27)(H,24,26,29). The van der Waals surface area contributed by atoms with Crippen molar-refractivity contribution in [3.8, 4) is 0 Å². The minimum absolute atomic E-state index is 0.179. The zero-order valence-electron chi connectivity index (χ0n) is 16.3. The first kappa shape index (κ1) is 20.3. The van der Waals surface area contributed by atoms with E-state index in [0.717, 1.165) is 6.42 Å². The van der Waals surface area contributed by atoms with Crippen LogP contribution in [-0.4, -0.2) is 28.3 Å². The Morgan fingerprint density at radius 2 is 1.83 bits per heavy atom. The van der Waals surface area contributed by atoms with E-state index in [1.165, 1.54) is 0 Å². The average Bonchev–Trinajstić information content (AvgIpc) is 2.72. The van der Waals surface area contributed by atoms with Crippen LogP contribution in [0.2, 0.25) is 0 Å². The molecule has 150 valence electrons. The molecule has 1 heterocycles. The van der Waals surface area contributed by atoms with Crippen LogP contribution in [0.1, 0.15) is 42.4 Å². The molecule has 2 aromatic carbocycles. The fourth-order valence-corrected chi connectivity index (χ4v) is 3.01. The number of aryl methyl sites for hydroxylation is 1. The van der Waals surface area contributed by atoms with Crippen LogP contribution in [-0.2, 0) is 11.2 Å². The van der Waals surface area contributed by atoms with E-state index in [2.05, 4.69) is 20.6 Å². The third-order valence-electron chi connectivity index (χ3n) is 4.46. The Labute approximate surface area is 168 Å². The highest BCUT2D eigenvalue weighted by Crippen LogP contribution is 2.16. The van der Waals surface area contributed by atoms with Crippen LogP contribution in [0, 0.1) is 0 Å². The summed E-state index contributed by atoms with van der Waals surface area (Å²) in [6.45, 7) is 2.56. The van der Waals surface area contributed by atoms with Crippen LogP contribution in [0.4, 0.5) is 5.69 Å². The normalized spacial score (nSPS) is 10.7.